The highest BCUT2D eigenvalue weighted by Gasteiger charge is 2.10. The molecule has 0 fully saturated rings. The van der Waals surface area contributed by atoms with E-state index in [-0.39, 0.29) is 0 Å². The van der Waals surface area contributed by atoms with E-state index in [1.165, 1.54) is 11.3 Å². The molecule has 21 heavy (non-hydrogen) atoms. The van der Waals surface area contributed by atoms with Gasteiger partial charge in [-0.3, -0.25) is 10.1 Å². The van der Waals surface area contributed by atoms with Gasteiger partial charge in [-0.2, -0.15) is 0 Å². The van der Waals surface area contributed by atoms with Crippen LogP contribution in [0.5, 0.6) is 0 Å². The Hall–Kier alpha value is -1.89. The second-order valence-electron chi connectivity index (χ2n) is 3.82. The summed E-state index contributed by atoms with van der Waals surface area (Å²) in [7, 11) is 0. The Bertz CT molecular complexity index is 728. The maximum absolute atomic E-state index is 11.4. The molecule has 0 spiro atoms. The fourth-order valence-corrected chi connectivity index (χ4v) is 2.66. The molecule has 1 heterocycles. The first-order valence-electron chi connectivity index (χ1n) is 5.58. The smallest absolute Gasteiger partial charge is 0.328 e. The van der Waals surface area contributed by atoms with E-state index in [1.54, 1.807) is 23.6 Å². The molecule has 0 radical (unpaired) electrons. The third kappa shape index (κ3) is 4.29. The van der Waals surface area contributed by atoms with Gasteiger partial charge in [-0.1, -0.05) is 23.2 Å². The Morgan fingerprint density at radius 1 is 1.29 bits per heavy atom. The van der Waals surface area contributed by atoms with E-state index < -0.39 is 11.9 Å². The lowest BCUT2D eigenvalue weighted by Gasteiger charge is -2.01. The molecule has 8 heteroatoms. The first kappa shape index (κ1) is 15.5. The van der Waals surface area contributed by atoms with E-state index in [0.29, 0.717) is 26.4 Å². The number of carboxylic acid groups (broad SMARTS) is 1. The summed E-state index contributed by atoms with van der Waals surface area (Å²) in [5.41, 5.74) is 1.29. The van der Waals surface area contributed by atoms with Crippen LogP contribution in [0.15, 0.2) is 35.7 Å². The average molecular weight is 343 g/mol. The Morgan fingerprint density at radius 3 is 2.71 bits per heavy atom. The van der Waals surface area contributed by atoms with Crippen molar-refractivity contribution < 1.29 is 14.7 Å². The maximum Gasteiger partial charge on any atom is 0.328 e. The molecule has 0 bridgehead atoms. The maximum atomic E-state index is 11.4. The Morgan fingerprint density at radius 2 is 2.05 bits per heavy atom. The molecular formula is C13H8Cl2N2O3S. The monoisotopic (exact) mass is 342 g/mol. The molecule has 108 valence electrons. The predicted octanol–water partition coefficient (Wildman–Crippen LogP) is 3.70. The van der Waals surface area contributed by atoms with Gasteiger partial charge in [0, 0.05) is 28.1 Å². The summed E-state index contributed by atoms with van der Waals surface area (Å²) in [5, 5.41) is 13.9. The molecule has 2 N–H and O–H groups in total. The number of hydrogen-bond acceptors (Lipinski definition) is 4. The third-order valence-electron chi connectivity index (χ3n) is 2.32. The van der Waals surface area contributed by atoms with Crippen LogP contribution in [-0.2, 0) is 9.59 Å². The predicted molar refractivity (Wildman–Crippen MR) is 83.0 cm³/mol. The van der Waals surface area contributed by atoms with Crippen molar-refractivity contribution in [2.24, 2.45) is 0 Å². The quantitative estimate of drug-likeness (QED) is 0.830. The zero-order valence-electron chi connectivity index (χ0n) is 10.3. The largest absolute Gasteiger partial charge is 0.478 e. The number of hydrogen-bond donors (Lipinski definition) is 2. The third-order valence-corrected chi connectivity index (χ3v) is 3.62. The minimum Gasteiger partial charge on any atom is -0.478 e. The summed E-state index contributed by atoms with van der Waals surface area (Å²) < 4.78 is 0. The molecule has 2 rings (SSSR count). The molecule has 0 aliphatic heterocycles. The van der Waals surface area contributed by atoms with E-state index in [4.69, 9.17) is 28.3 Å². The number of carbonyl (C=O) groups excluding carboxylic acids is 1. The number of aliphatic carboxylic acids is 1. The molecule has 0 aliphatic carbocycles. The second-order valence-corrected chi connectivity index (χ2v) is 5.52. The molecule has 0 saturated carbocycles. The van der Waals surface area contributed by atoms with Crippen molar-refractivity contribution in [1.82, 2.24) is 4.98 Å². The van der Waals surface area contributed by atoms with Crippen molar-refractivity contribution in [3.63, 3.8) is 0 Å². The number of aromatic nitrogens is 1. The summed E-state index contributed by atoms with van der Waals surface area (Å²) in [5.74, 6) is -1.77. The van der Waals surface area contributed by atoms with Gasteiger partial charge in [0.25, 0.3) is 0 Å². The first-order chi connectivity index (χ1) is 9.95. The van der Waals surface area contributed by atoms with Crippen LogP contribution in [0, 0.1) is 0 Å². The number of nitrogens with one attached hydrogen (secondary N) is 1. The van der Waals surface area contributed by atoms with E-state index >= 15 is 0 Å². The fourth-order valence-electron chi connectivity index (χ4n) is 1.45. The Labute approximate surface area is 133 Å². The van der Waals surface area contributed by atoms with Crippen molar-refractivity contribution in [3.05, 3.63) is 45.8 Å². The van der Waals surface area contributed by atoms with Gasteiger partial charge in [0.15, 0.2) is 5.13 Å². The highest BCUT2D eigenvalue weighted by atomic mass is 35.5. The number of rotatable bonds is 4. The zero-order chi connectivity index (χ0) is 15.4. The number of carbonyl (C=O) groups is 2. The molecule has 0 aliphatic rings. The van der Waals surface area contributed by atoms with Crippen LogP contribution in [0.3, 0.4) is 0 Å². The van der Waals surface area contributed by atoms with Crippen LogP contribution >= 0.6 is 34.5 Å². The molecule has 1 aromatic heterocycles. The summed E-state index contributed by atoms with van der Waals surface area (Å²) in [6, 6.07) is 5.03. The van der Waals surface area contributed by atoms with Gasteiger partial charge in [-0.25, -0.2) is 9.78 Å². The van der Waals surface area contributed by atoms with Gasteiger partial charge in [0.2, 0.25) is 5.91 Å². The van der Waals surface area contributed by atoms with Crippen LogP contribution < -0.4 is 5.32 Å². The fraction of sp³-hybridized carbons (Fsp3) is 0. The lowest BCUT2D eigenvalue weighted by atomic mass is 10.2. The molecule has 0 atom stereocenters. The van der Waals surface area contributed by atoms with E-state index in [0.717, 1.165) is 12.2 Å². The van der Waals surface area contributed by atoms with Crippen molar-refractivity contribution in [3.8, 4) is 11.3 Å². The number of nitrogens with zero attached hydrogens (tertiary/aromatic N) is 1. The van der Waals surface area contributed by atoms with E-state index in [2.05, 4.69) is 10.3 Å². The van der Waals surface area contributed by atoms with Gasteiger partial charge in [-0.05, 0) is 18.2 Å². The highest BCUT2D eigenvalue weighted by Crippen LogP contribution is 2.32. The zero-order valence-corrected chi connectivity index (χ0v) is 12.7. The Balaban J connectivity index is 2.15. The lowest BCUT2D eigenvalue weighted by Crippen LogP contribution is -2.08. The van der Waals surface area contributed by atoms with Crippen LogP contribution in [-0.4, -0.2) is 22.0 Å². The average Bonchev–Trinajstić information content (AvgIpc) is 2.84. The summed E-state index contributed by atoms with van der Waals surface area (Å²) >= 11 is 13.1. The molecular weight excluding hydrogens is 335 g/mol. The van der Waals surface area contributed by atoms with Crippen LogP contribution in [0.4, 0.5) is 5.13 Å². The van der Waals surface area contributed by atoms with Crippen molar-refractivity contribution in [1.29, 1.82) is 0 Å². The summed E-state index contributed by atoms with van der Waals surface area (Å²) in [4.78, 5) is 26.0. The minimum atomic E-state index is -1.20. The molecule has 1 amide bonds. The van der Waals surface area contributed by atoms with Gasteiger partial charge in [0.1, 0.15) is 0 Å². The van der Waals surface area contributed by atoms with Crippen LogP contribution in [0.25, 0.3) is 11.3 Å². The van der Waals surface area contributed by atoms with Crippen LogP contribution in [0.2, 0.25) is 10.0 Å². The summed E-state index contributed by atoms with van der Waals surface area (Å²) in [6.07, 6.45) is 1.67. The SMILES string of the molecule is O=C(O)/C=C/C(=O)Nc1nc(-c2ccc(Cl)cc2Cl)cs1. The van der Waals surface area contributed by atoms with Crippen molar-refractivity contribution in [2.45, 2.75) is 0 Å². The number of halogens is 2. The Kier molecular flexibility index (Phi) is 4.95. The number of carboxylic acids is 1. The molecule has 1 aromatic carbocycles. The highest BCUT2D eigenvalue weighted by molar-refractivity contribution is 7.14. The number of thiazole rings is 1. The molecule has 5 nitrogen and oxygen atoms in total. The molecule has 0 saturated heterocycles. The molecule has 0 unspecified atom stereocenters. The minimum absolute atomic E-state index is 0.344. The summed E-state index contributed by atoms with van der Waals surface area (Å²) in [6.45, 7) is 0. The van der Waals surface area contributed by atoms with E-state index in [1.807, 2.05) is 0 Å². The van der Waals surface area contributed by atoms with E-state index in [9.17, 15) is 9.59 Å². The van der Waals surface area contributed by atoms with Gasteiger partial charge in [-0.15, -0.1) is 11.3 Å². The first-order valence-corrected chi connectivity index (χ1v) is 7.22. The van der Waals surface area contributed by atoms with Gasteiger partial charge < -0.3 is 5.11 Å². The van der Waals surface area contributed by atoms with Crippen molar-refractivity contribution >= 4 is 51.5 Å². The standard InChI is InChI=1S/C13H8Cl2N2O3S/c14-7-1-2-8(9(15)5-7)10-6-21-13(16-10)17-11(18)3-4-12(19)20/h1-6H,(H,19,20)(H,16,17,18)/b4-3+. The number of benzene rings is 1. The van der Waals surface area contributed by atoms with Gasteiger partial charge in [0.05, 0.1) is 10.7 Å². The lowest BCUT2D eigenvalue weighted by molar-refractivity contribution is -0.131. The number of anilines is 1. The topological polar surface area (TPSA) is 79.3 Å². The second kappa shape index (κ2) is 6.71. The molecule has 2 aromatic rings. The normalized spacial score (nSPS) is 10.8. The van der Waals surface area contributed by atoms with Crippen LogP contribution in [0.1, 0.15) is 0 Å². The van der Waals surface area contributed by atoms with Crippen molar-refractivity contribution in [2.75, 3.05) is 5.32 Å². The van der Waals surface area contributed by atoms with Gasteiger partial charge >= 0.3 is 5.97 Å². The number of amides is 1.